The van der Waals surface area contributed by atoms with Crippen LogP contribution < -0.4 is 4.90 Å². The number of anilines is 3. The Kier molecular flexibility index (Phi) is 4.42. The molecule has 0 spiro atoms. The van der Waals surface area contributed by atoms with Crippen LogP contribution in [0.3, 0.4) is 0 Å². The zero-order chi connectivity index (χ0) is 20.8. The number of hydrogen-bond donors (Lipinski definition) is 0. The molecular weight excluding hydrogens is 374 g/mol. The Morgan fingerprint density at radius 1 is 0.613 bits per heavy atom. The van der Waals surface area contributed by atoms with E-state index >= 15 is 0 Å². The second kappa shape index (κ2) is 7.42. The van der Waals surface area contributed by atoms with Gasteiger partial charge in [-0.1, -0.05) is 60.7 Å². The van der Waals surface area contributed by atoms with E-state index < -0.39 is 0 Å². The molecule has 1 nitrogen and oxygen atoms in total. The Labute approximate surface area is 185 Å². The summed E-state index contributed by atoms with van der Waals surface area (Å²) in [6, 6.07) is 35.4. The number of nitrogens with zero attached hydrogens (tertiary/aromatic N) is 1. The first-order valence-corrected chi connectivity index (χ1v) is 11.4. The van der Waals surface area contributed by atoms with Crippen molar-refractivity contribution in [1.29, 1.82) is 0 Å². The summed E-state index contributed by atoms with van der Waals surface area (Å²) in [5, 5.41) is 0. The first-order valence-electron chi connectivity index (χ1n) is 11.4. The van der Waals surface area contributed by atoms with Crippen molar-refractivity contribution in [3.8, 4) is 11.1 Å². The van der Waals surface area contributed by atoms with Crippen LogP contribution in [0.15, 0.2) is 97.1 Å². The molecular formula is C30H27N. The van der Waals surface area contributed by atoms with E-state index in [1.165, 1.54) is 53.0 Å². The van der Waals surface area contributed by atoms with Crippen molar-refractivity contribution in [2.45, 2.75) is 38.0 Å². The number of benzene rings is 4. The van der Waals surface area contributed by atoms with Crippen molar-refractivity contribution in [2.24, 2.45) is 0 Å². The Bertz CT molecular complexity index is 1190. The molecule has 0 radical (unpaired) electrons. The maximum absolute atomic E-state index is 2.48. The van der Waals surface area contributed by atoms with Crippen molar-refractivity contribution in [3.63, 3.8) is 0 Å². The minimum Gasteiger partial charge on any atom is -0.310 e. The predicted molar refractivity (Wildman–Crippen MR) is 131 cm³/mol. The highest BCUT2D eigenvalue weighted by atomic mass is 15.1. The standard InChI is InChI=1S/C30H27N/c1-21-18-27(31(25-8-4-2-5-9-25)26-10-6-3-7-11-26)15-17-28(21)24-14-16-29-22-12-13-23(19-22)30(29)20-24/h2-11,14-18,20,22-23H,12-13,19H2,1H3. The fourth-order valence-corrected chi connectivity index (χ4v) is 5.73. The highest BCUT2D eigenvalue weighted by Crippen LogP contribution is 2.53. The van der Waals surface area contributed by atoms with Crippen molar-refractivity contribution in [2.75, 3.05) is 4.90 Å². The molecule has 1 saturated carbocycles. The van der Waals surface area contributed by atoms with Gasteiger partial charge in [0.05, 0.1) is 0 Å². The van der Waals surface area contributed by atoms with Gasteiger partial charge in [-0.25, -0.2) is 0 Å². The molecule has 0 amide bonds. The van der Waals surface area contributed by atoms with E-state index in [2.05, 4.69) is 109 Å². The topological polar surface area (TPSA) is 3.24 Å². The summed E-state index contributed by atoms with van der Waals surface area (Å²) in [6.07, 6.45) is 4.14. The number of hydrogen-bond acceptors (Lipinski definition) is 1. The molecule has 2 unspecified atom stereocenters. The molecule has 0 aromatic heterocycles. The third kappa shape index (κ3) is 3.16. The van der Waals surface area contributed by atoms with Crippen molar-refractivity contribution >= 4 is 17.1 Å². The van der Waals surface area contributed by atoms with Gasteiger partial charge in [-0.15, -0.1) is 0 Å². The minimum atomic E-state index is 0.797. The van der Waals surface area contributed by atoms with E-state index in [4.69, 9.17) is 0 Å². The summed E-state index contributed by atoms with van der Waals surface area (Å²) < 4.78 is 0. The lowest BCUT2D eigenvalue weighted by Gasteiger charge is -2.26. The summed E-state index contributed by atoms with van der Waals surface area (Å²) in [7, 11) is 0. The smallest absolute Gasteiger partial charge is 0.0464 e. The summed E-state index contributed by atoms with van der Waals surface area (Å²) in [4.78, 5) is 2.33. The second-order valence-electron chi connectivity index (χ2n) is 9.06. The van der Waals surface area contributed by atoms with Crippen LogP contribution in [0, 0.1) is 6.92 Å². The number of rotatable bonds is 4. The van der Waals surface area contributed by atoms with E-state index in [0.29, 0.717) is 0 Å². The van der Waals surface area contributed by atoms with Gasteiger partial charge in [-0.2, -0.15) is 0 Å². The van der Waals surface area contributed by atoms with Gasteiger partial charge in [-0.3, -0.25) is 0 Å². The third-order valence-electron chi connectivity index (χ3n) is 7.21. The van der Waals surface area contributed by atoms with Gasteiger partial charge < -0.3 is 4.90 Å². The van der Waals surface area contributed by atoms with Crippen LogP contribution >= 0.6 is 0 Å². The lowest BCUT2D eigenvalue weighted by atomic mass is 9.88. The summed E-state index contributed by atoms with van der Waals surface area (Å²) in [5.74, 6) is 1.62. The average molecular weight is 402 g/mol. The Morgan fingerprint density at radius 3 is 1.90 bits per heavy atom. The monoisotopic (exact) mass is 401 g/mol. The molecule has 0 aliphatic heterocycles. The summed E-state index contributed by atoms with van der Waals surface area (Å²) in [5.41, 5.74) is 10.8. The molecule has 31 heavy (non-hydrogen) atoms. The Hall–Kier alpha value is -3.32. The summed E-state index contributed by atoms with van der Waals surface area (Å²) >= 11 is 0. The van der Waals surface area contributed by atoms with Gasteiger partial charge in [0.25, 0.3) is 0 Å². The molecule has 0 saturated heterocycles. The fourth-order valence-electron chi connectivity index (χ4n) is 5.73. The Balaban J connectivity index is 1.41. The number of aryl methyl sites for hydroxylation is 1. The molecule has 2 atom stereocenters. The maximum atomic E-state index is 2.48. The molecule has 2 bridgehead atoms. The molecule has 4 aromatic rings. The molecule has 1 fully saturated rings. The molecule has 152 valence electrons. The molecule has 0 heterocycles. The van der Waals surface area contributed by atoms with E-state index in [1.54, 1.807) is 11.1 Å². The lowest BCUT2D eigenvalue weighted by Crippen LogP contribution is -2.10. The van der Waals surface area contributed by atoms with Crippen molar-refractivity contribution in [1.82, 2.24) is 0 Å². The van der Waals surface area contributed by atoms with Gasteiger partial charge in [-0.05, 0) is 102 Å². The molecule has 6 rings (SSSR count). The zero-order valence-corrected chi connectivity index (χ0v) is 18.0. The largest absolute Gasteiger partial charge is 0.310 e. The zero-order valence-electron chi connectivity index (χ0n) is 18.0. The Morgan fingerprint density at radius 2 is 1.26 bits per heavy atom. The van der Waals surface area contributed by atoms with E-state index in [1.807, 2.05) is 0 Å². The summed E-state index contributed by atoms with van der Waals surface area (Å²) in [6.45, 7) is 2.24. The SMILES string of the molecule is Cc1cc(N(c2ccccc2)c2ccccc2)ccc1-c1ccc2c(c1)C1CCC2C1. The van der Waals surface area contributed by atoms with Crippen LogP contribution in [0.4, 0.5) is 17.1 Å². The number of para-hydroxylation sites is 2. The average Bonchev–Trinajstić information content (AvgIpc) is 3.43. The van der Waals surface area contributed by atoms with Crippen LogP contribution in [-0.4, -0.2) is 0 Å². The normalized spacial score (nSPS) is 18.7. The maximum Gasteiger partial charge on any atom is 0.0464 e. The highest BCUT2D eigenvalue weighted by Gasteiger charge is 2.36. The van der Waals surface area contributed by atoms with Gasteiger partial charge in [0.1, 0.15) is 0 Å². The van der Waals surface area contributed by atoms with Gasteiger partial charge >= 0.3 is 0 Å². The fraction of sp³-hybridized carbons (Fsp3) is 0.200. The van der Waals surface area contributed by atoms with Crippen LogP contribution in [0.5, 0.6) is 0 Å². The van der Waals surface area contributed by atoms with Crippen LogP contribution in [0.1, 0.15) is 47.8 Å². The molecule has 0 N–H and O–H groups in total. The lowest BCUT2D eigenvalue weighted by molar-refractivity contribution is 0.718. The van der Waals surface area contributed by atoms with E-state index in [0.717, 1.165) is 11.8 Å². The molecule has 2 aliphatic rings. The molecule has 1 heteroatoms. The van der Waals surface area contributed by atoms with Gasteiger partial charge in [0.2, 0.25) is 0 Å². The van der Waals surface area contributed by atoms with Gasteiger partial charge in [0.15, 0.2) is 0 Å². The minimum absolute atomic E-state index is 0.797. The van der Waals surface area contributed by atoms with Gasteiger partial charge in [0, 0.05) is 17.1 Å². The van der Waals surface area contributed by atoms with E-state index in [-0.39, 0.29) is 0 Å². The van der Waals surface area contributed by atoms with Crippen molar-refractivity contribution in [3.05, 3.63) is 114 Å². The second-order valence-corrected chi connectivity index (χ2v) is 9.06. The van der Waals surface area contributed by atoms with E-state index in [9.17, 15) is 0 Å². The first-order chi connectivity index (χ1) is 15.3. The highest BCUT2D eigenvalue weighted by molar-refractivity contribution is 5.80. The first kappa shape index (κ1) is 18.4. The van der Waals surface area contributed by atoms with Crippen molar-refractivity contribution < 1.29 is 0 Å². The predicted octanol–water partition coefficient (Wildman–Crippen LogP) is 8.50. The number of fused-ring (bicyclic) bond motifs is 5. The van der Waals surface area contributed by atoms with Crippen LogP contribution in [0.25, 0.3) is 11.1 Å². The quantitative estimate of drug-likeness (QED) is 0.331. The molecule has 4 aromatic carbocycles. The molecule has 2 aliphatic carbocycles. The van der Waals surface area contributed by atoms with Crippen LogP contribution in [0.2, 0.25) is 0 Å². The van der Waals surface area contributed by atoms with Crippen LogP contribution in [-0.2, 0) is 0 Å². The third-order valence-corrected chi connectivity index (χ3v) is 7.21.